The third-order valence-corrected chi connectivity index (χ3v) is 4.50. The van der Waals surface area contributed by atoms with E-state index < -0.39 is 0 Å². The number of hydrogen-bond donors (Lipinski definition) is 0. The van der Waals surface area contributed by atoms with Crippen LogP contribution < -0.4 is 12.4 Å². The summed E-state index contributed by atoms with van der Waals surface area (Å²) < 4.78 is 6.10. The molecule has 0 saturated heterocycles. The van der Waals surface area contributed by atoms with E-state index >= 15 is 0 Å². The number of benzene rings is 1. The van der Waals surface area contributed by atoms with Crippen LogP contribution >= 0.6 is 0 Å². The van der Waals surface area contributed by atoms with Crippen molar-refractivity contribution in [3.05, 3.63) is 48.0 Å². The van der Waals surface area contributed by atoms with Crippen LogP contribution in [0.25, 0.3) is 0 Å². The molecular weight excluding hydrogens is 310 g/mol. The Kier molecular flexibility index (Phi) is 8.57. The molecule has 0 aliphatic carbocycles. The van der Waals surface area contributed by atoms with Gasteiger partial charge in [0, 0.05) is 24.0 Å². The molecule has 0 fully saturated rings. The highest BCUT2D eigenvalue weighted by atomic mass is 35.5. The maximum Gasteiger partial charge on any atom is 0.333 e. The number of esters is 1. The summed E-state index contributed by atoms with van der Waals surface area (Å²) in [6.07, 6.45) is 2.85. The van der Waals surface area contributed by atoms with E-state index in [1.54, 1.807) is 6.92 Å². The maximum absolute atomic E-state index is 11.5. The van der Waals surface area contributed by atoms with E-state index in [4.69, 9.17) is 4.74 Å². The van der Waals surface area contributed by atoms with Crippen molar-refractivity contribution in [2.24, 2.45) is 0 Å². The van der Waals surface area contributed by atoms with E-state index in [1.807, 2.05) is 6.07 Å². The van der Waals surface area contributed by atoms with Crippen molar-refractivity contribution in [2.75, 3.05) is 27.7 Å². The fraction of sp³-hybridized carbons (Fsp3) is 0.526. The van der Waals surface area contributed by atoms with Gasteiger partial charge in [-0.2, -0.15) is 0 Å². The van der Waals surface area contributed by atoms with Gasteiger partial charge in [-0.1, -0.05) is 43.8 Å². The molecule has 1 aromatic carbocycles. The molecule has 1 aromatic rings. The van der Waals surface area contributed by atoms with Gasteiger partial charge >= 0.3 is 5.97 Å². The minimum absolute atomic E-state index is 0. The van der Waals surface area contributed by atoms with E-state index in [0.717, 1.165) is 23.7 Å². The Morgan fingerprint density at radius 3 is 2.22 bits per heavy atom. The van der Waals surface area contributed by atoms with E-state index in [-0.39, 0.29) is 23.9 Å². The van der Waals surface area contributed by atoms with E-state index in [1.165, 1.54) is 5.56 Å². The molecule has 4 heteroatoms. The first-order chi connectivity index (χ1) is 10.2. The topological polar surface area (TPSA) is 26.3 Å². The van der Waals surface area contributed by atoms with Crippen LogP contribution in [0, 0.1) is 0 Å². The lowest BCUT2D eigenvalue weighted by Gasteiger charge is -2.46. The summed E-state index contributed by atoms with van der Waals surface area (Å²) in [5, 5.41) is 0. The lowest BCUT2D eigenvalue weighted by molar-refractivity contribution is -0.933. The van der Waals surface area contributed by atoms with Crippen LogP contribution in [0.2, 0.25) is 0 Å². The zero-order chi connectivity index (χ0) is 16.8. The van der Waals surface area contributed by atoms with Crippen LogP contribution in [-0.4, -0.2) is 38.2 Å². The average Bonchev–Trinajstić information content (AvgIpc) is 2.46. The third kappa shape index (κ3) is 5.36. The second-order valence-electron chi connectivity index (χ2n) is 6.78. The van der Waals surface area contributed by atoms with Crippen molar-refractivity contribution in [1.82, 2.24) is 0 Å². The van der Waals surface area contributed by atoms with Gasteiger partial charge in [0.15, 0.2) is 0 Å². The van der Waals surface area contributed by atoms with Crippen molar-refractivity contribution in [3.63, 3.8) is 0 Å². The van der Waals surface area contributed by atoms with Crippen LogP contribution in [0.15, 0.2) is 42.5 Å². The Labute approximate surface area is 147 Å². The molecule has 0 N–H and O–H groups in total. The molecule has 0 heterocycles. The predicted molar refractivity (Wildman–Crippen MR) is 91.5 cm³/mol. The highest BCUT2D eigenvalue weighted by molar-refractivity contribution is 5.86. The number of nitrogens with zero attached hydrogens (tertiary/aromatic N) is 1. The Bertz CT molecular complexity index is 508. The van der Waals surface area contributed by atoms with Gasteiger partial charge in [0.2, 0.25) is 0 Å². The first-order valence-electron chi connectivity index (χ1n) is 7.94. The van der Waals surface area contributed by atoms with Gasteiger partial charge in [-0.05, 0) is 13.3 Å². The molecule has 1 unspecified atom stereocenters. The lowest BCUT2D eigenvalue weighted by Crippen LogP contribution is -3.00. The van der Waals surface area contributed by atoms with Gasteiger partial charge in [-0.25, -0.2) is 4.79 Å². The number of ether oxygens (including phenoxy) is 1. The second-order valence-corrected chi connectivity index (χ2v) is 6.78. The van der Waals surface area contributed by atoms with Gasteiger partial charge in [0.1, 0.15) is 5.54 Å². The standard InChI is InChI=1S/C19H30NO2.ClH/c1-7-19(20(4,5)6,17-12-9-8-10-13-17)14-11-15-22-18(21)16(2)3;/h8-10,12-13H,2,7,11,14-15H2,1,3-6H3;1H/q+1;/p-1. The first kappa shape index (κ1) is 21.7. The number of rotatable bonds is 8. The third-order valence-electron chi connectivity index (χ3n) is 4.50. The fourth-order valence-corrected chi connectivity index (χ4v) is 3.12. The predicted octanol–water partition coefficient (Wildman–Crippen LogP) is 0.902. The number of quaternary nitrogens is 1. The molecule has 1 rings (SSSR count). The molecule has 23 heavy (non-hydrogen) atoms. The highest BCUT2D eigenvalue weighted by Gasteiger charge is 2.42. The van der Waals surface area contributed by atoms with E-state index in [0.29, 0.717) is 12.2 Å². The molecule has 3 nitrogen and oxygen atoms in total. The number of halogens is 1. The van der Waals surface area contributed by atoms with Gasteiger partial charge in [0.05, 0.1) is 27.7 Å². The van der Waals surface area contributed by atoms with Crippen molar-refractivity contribution in [1.29, 1.82) is 0 Å². The maximum atomic E-state index is 11.5. The quantitative estimate of drug-likeness (QED) is 0.304. The molecule has 130 valence electrons. The SMILES string of the molecule is C=C(C)C(=O)OCCCC(CC)(c1ccccc1)[N+](C)(C)C.[Cl-]. The van der Waals surface area contributed by atoms with Crippen molar-refractivity contribution < 1.29 is 26.4 Å². The number of carbonyl (C=O) groups excluding carboxylic acids is 1. The minimum atomic E-state index is -0.299. The molecule has 0 spiro atoms. The summed E-state index contributed by atoms with van der Waals surface area (Å²) in [5.41, 5.74) is 1.82. The summed E-state index contributed by atoms with van der Waals surface area (Å²) >= 11 is 0. The monoisotopic (exact) mass is 339 g/mol. The van der Waals surface area contributed by atoms with Crippen LogP contribution in [0.1, 0.15) is 38.7 Å². The summed E-state index contributed by atoms with van der Waals surface area (Å²) in [7, 11) is 6.70. The second kappa shape index (κ2) is 9.09. The molecule has 0 saturated carbocycles. The first-order valence-corrected chi connectivity index (χ1v) is 7.94. The van der Waals surface area contributed by atoms with Gasteiger partial charge < -0.3 is 21.6 Å². The van der Waals surface area contributed by atoms with Gasteiger partial charge in [0.25, 0.3) is 0 Å². The highest BCUT2D eigenvalue weighted by Crippen LogP contribution is 2.39. The largest absolute Gasteiger partial charge is 1.00 e. The summed E-state index contributed by atoms with van der Waals surface area (Å²) in [6, 6.07) is 10.6. The summed E-state index contributed by atoms with van der Waals surface area (Å²) in [5.74, 6) is -0.299. The molecule has 0 amide bonds. The number of hydrogen-bond acceptors (Lipinski definition) is 2. The van der Waals surface area contributed by atoms with Gasteiger partial charge in [-0.3, -0.25) is 0 Å². The fourth-order valence-electron chi connectivity index (χ4n) is 3.12. The zero-order valence-corrected chi connectivity index (χ0v) is 15.8. The molecule has 1 atom stereocenters. The zero-order valence-electron chi connectivity index (χ0n) is 15.1. The van der Waals surface area contributed by atoms with Crippen LogP contribution in [0.4, 0.5) is 0 Å². The Morgan fingerprint density at radius 1 is 1.22 bits per heavy atom. The molecule has 0 radical (unpaired) electrons. The molecule has 0 aliphatic heterocycles. The molecule has 0 aliphatic rings. The summed E-state index contributed by atoms with van der Waals surface area (Å²) in [6.45, 7) is 7.96. The molecular formula is C19H30ClNO2. The van der Waals surface area contributed by atoms with Crippen LogP contribution in [-0.2, 0) is 15.1 Å². The Morgan fingerprint density at radius 2 is 1.78 bits per heavy atom. The van der Waals surface area contributed by atoms with Crippen LogP contribution in [0.3, 0.4) is 0 Å². The summed E-state index contributed by atoms with van der Waals surface area (Å²) in [4.78, 5) is 11.5. The minimum Gasteiger partial charge on any atom is -1.00 e. The Balaban J connectivity index is 0.00000484. The lowest BCUT2D eigenvalue weighted by atomic mass is 9.80. The number of carbonyl (C=O) groups is 1. The van der Waals surface area contributed by atoms with Crippen molar-refractivity contribution in [3.8, 4) is 0 Å². The Hall–Kier alpha value is -1.32. The normalized spacial score (nSPS) is 13.6. The van der Waals surface area contributed by atoms with Crippen molar-refractivity contribution in [2.45, 2.75) is 38.6 Å². The smallest absolute Gasteiger partial charge is 0.333 e. The van der Waals surface area contributed by atoms with Crippen LogP contribution in [0.5, 0.6) is 0 Å². The molecule has 0 bridgehead atoms. The van der Waals surface area contributed by atoms with E-state index in [2.05, 4.69) is 58.9 Å². The average molecular weight is 340 g/mol. The molecule has 0 aromatic heterocycles. The van der Waals surface area contributed by atoms with E-state index in [9.17, 15) is 4.79 Å². The van der Waals surface area contributed by atoms with Gasteiger partial charge in [-0.15, -0.1) is 0 Å². The van der Waals surface area contributed by atoms with Crippen molar-refractivity contribution >= 4 is 5.97 Å².